The summed E-state index contributed by atoms with van der Waals surface area (Å²) in [7, 11) is -2.03. The van der Waals surface area contributed by atoms with Crippen LogP contribution in [0.25, 0.3) is 0 Å². The highest BCUT2D eigenvalue weighted by Crippen LogP contribution is 2.18. The number of furan rings is 1. The fourth-order valence-electron chi connectivity index (χ4n) is 3.06. The van der Waals surface area contributed by atoms with E-state index in [1.165, 1.54) is 17.7 Å². The Balaban J connectivity index is 1.39. The maximum absolute atomic E-state index is 12.5. The molecular weight excluding hydrogens is 426 g/mol. The first-order valence-electron chi connectivity index (χ1n) is 9.73. The number of nitrogens with one attached hydrogen (secondary N) is 1. The summed E-state index contributed by atoms with van der Waals surface area (Å²) in [6, 6.07) is 10.0. The number of benzene rings is 1. The van der Waals surface area contributed by atoms with Gasteiger partial charge in [0.2, 0.25) is 10.0 Å². The molecule has 0 unspecified atom stereocenters. The average Bonchev–Trinajstić information content (AvgIpc) is 3.32. The predicted octanol–water partition coefficient (Wildman–Crippen LogP) is 0.571. The minimum atomic E-state index is -3.56. The number of carbonyl (C=O) groups is 2. The molecule has 11 heteroatoms. The standard InChI is InChI=1S/C20H25N3O7S/c1-28-16-4-2-5-17(14-16)30-15-19(24)21-7-13-31(26,27)23-10-8-22(9-11-23)20(25)18-6-3-12-29-18/h2-6,12,14H,7-11,13,15H2,1H3,(H,21,24). The van der Waals surface area contributed by atoms with Crippen molar-refractivity contribution in [1.29, 1.82) is 0 Å². The zero-order chi connectivity index (χ0) is 22.3. The molecule has 2 amide bonds. The van der Waals surface area contributed by atoms with Crippen LogP contribution in [-0.4, -0.2) is 81.6 Å². The Bertz CT molecular complexity index is 984. The maximum Gasteiger partial charge on any atom is 0.289 e. The predicted molar refractivity (Wildman–Crippen MR) is 111 cm³/mol. The molecule has 0 atom stereocenters. The Labute approximate surface area is 180 Å². The number of ether oxygens (including phenoxy) is 2. The second-order valence-corrected chi connectivity index (χ2v) is 8.89. The number of methoxy groups -OCH3 is 1. The van der Waals surface area contributed by atoms with Crippen LogP contribution >= 0.6 is 0 Å². The molecule has 2 aromatic rings. The molecule has 31 heavy (non-hydrogen) atoms. The highest BCUT2D eigenvalue weighted by molar-refractivity contribution is 7.89. The molecular formula is C20H25N3O7S. The Morgan fingerprint density at radius 3 is 2.52 bits per heavy atom. The lowest BCUT2D eigenvalue weighted by Gasteiger charge is -2.33. The summed E-state index contributed by atoms with van der Waals surface area (Å²) in [6.45, 7) is 0.678. The molecule has 1 aliphatic heterocycles. The largest absolute Gasteiger partial charge is 0.497 e. The van der Waals surface area contributed by atoms with Crippen molar-refractivity contribution in [2.24, 2.45) is 0 Å². The summed E-state index contributed by atoms with van der Waals surface area (Å²) in [5, 5.41) is 2.54. The van der Waals surface area contributed by atoms with E-state index in [1.807, 2.05) is 0 Å². The summed E-state index contributed by atoms with van der Waals surface area (Å²) in [5.41, 5.74) is 0. The van der Waals surface area contributed by atoms with Gasteiger partial charge < -0.3 is 24.1 Å². The van der Waals surface area contributed by atoms with Crippen LogP contribution in [0, 0.1) is 0 Å². The molecule has 1 N–H and O–H groups in total. The Morgan fingerprint density at radius 2 is 1.84 bits per heavy atom. The van der Waals surface area contributed by atoms with Crippen LogP contribution in [0.4, 0.5) is 0 Å². The normalized spacial score (nSPS) is 14.8. The molecule has 168 valence electrons. The SMILES string of the molecule is COc1cccc(OCC(=O)NCCS(=O)(=O)N2CCN(C(=O)c3ccco3)CC2)c1. The molecule has 1 aromatic heterocycles. The number of carbonyl (C=O) groups excluding carboxylic acids is 2. The summed E-state index contributed by atoms with van der Waals surface area (Å²) in [5.74, 6) is 0.399. The van der Waals surface area contributed by atoms with Crippen LogP contribution in [-0.2, 0) is 14.8 Å². The number of nitrogens with zero attached hydrogens (tertiary/aromatic N) is 2. The Kier molecular flexibility index (Phi) is 7.53. The van der Waals surface area contributed by atoms with Crippen molar-refractivity contribution >= 4 is 21.8 Å². The van der Waals surface area contributed by atoms with Gasteiger partial charge in [-0.1, -0.05) is 6.07 Å². The second kappa shape index (κ2) is 10.3. The first-order valence-corrected chi connectivity index (χ1v) is 11.3. The molecule has 1 fully saturated rings. The van der Waals surface area contributed by atoms with Gasteiger partial charge in [0.15, 0.2) is 12.4 Å². The zero-order valence-corrected chi connectivity index (χ0v) is 18.0. The zero-order valence-electron chi connectivity index (χ0n) is 17.2. The quantitative estimate of drug-likeness (QED) is 0.592. The summed E-state index contributed by atoms with van der Waals surface area (Å²) in [6.07, 6.45) is 1.42. The third-order valence-corrected chi connectivity index (χ3v) is 6.62. The second-order valence-electron chi connectivity index (χ2n) is 6.80. The van der Waals surface area contributed by atoms with Gasteiger partial charge in [0.25, 0.3) is 11.8 Å². The molecule has 1 aliphatic rings. The molecule has 0 bridgehead atoms. The van der Waals surface area contributed by atoms with Gasteiger partial charge >= 0.3 is 0 Å². The lowest BCUT2D eigenvalue weighted by Crippen LogP contribution is -2.51. The molecule has 0 spiro atoms. The van der Waals surface area contributed by atoms with Crippen molar-refractivity contribution in [1.82, 2.24) is 14.5 Å². The first-order chi connectivity index (χ1) is 14.9. The van der Waals surface area contributed by atoms with E-state index in [-0.39, 0.29) is 56.8 Å². The molecule has 0 saturated carbocycles. The van der Waals surface area contributed by atoms with E-state index in [9.17, 15) is 18.0 Å². The van der Waals surface area contributed by atoms with Crippen LogP contribution in [0.1, 0.15) is 10.6 Å². The lowest BCUT2D eigenvalue weighted by molar-refractivity contribution is -0.122. The fraction of sp³-hybridized carbons (Fsp3) is 0.400. The van der Waals surface area contributed by atoms with Crippen molar-refractivity contribution < 1.29 is 31.9 Å². The minimum Gasteiger partial charge on any atom is -0.497 e. The van der Waals surface area contributed by atoms with E-state index in [0.717, 1.165) is 0 Å². The molecule has 1 saturated heterocycles. The van der Waals surface area contributed by atoms with Crippen molar-refractivity contribution in [3.05, 3.63) is 48.4 Å². The van der Waals surface area contributed by atoms with Gasteiger partial charge in [-0.15, -0.1) is 0 Å². The smallest absolute Gasteiger partial charge is 0.289 e. The van der Waals surface area contributed by atoms with Gasteiger partial charge in [-0.3, -0.25) is 9.59 Å². The van der Waals surface area contributed by atoms with Crippen LogP contribution in [0.5, 0.6) is 11.5 Å². The van der Waals surface area contributed by atoms with E-state index < -0.39 is 15.9 Å². The van der Waals surface area contributed by atoms with Crippen LogP contribution in [0.15, 0.2) is 47.1 Å². The fourth-order valence-corrected chi connectivity index (χ4v) is 4.40. The van der Waals surface area contributed by atoms with E-state index in [2.05, 4.69) is 5.32 Å². The third kappa shape index (κ3) is 6.22. The molecule has 1 aromatic carbocycles. The summed E-state index contributed by atoms with van der Waals surface area (Å²) in [4.78, 5) is 25.8. The number of piperazine rings is 1. The molecule has 2 heterocycles. The summed E-state index contributed by atoms with van der Waals surface area (Å²) >= 11 is 0. The average molecular weight is 452 g/mol. The molecule has 0 aliphatic carbocycles. The first kappa shape index (κ1) is 22.6. The summed E-state index contributed by atoms with van der Waals surface area (Å²) < 4.78 is 41.9. The van der Waals surface area contributed by atoms with Gasteiger partial charge in [-0.05, 0) is 24.3 Å². The number of amides is 2. The van der Waals surface area contributed by atoms with Crippen molar-refractivity contribution in [2.45, 2.75) is 0 Å². The van der Waals surface area contributed by atoms with E-state index in [4.69, 9.17) is 13.9 Å². The van der Waals surface area contributed by atoms with Gasteiger partial charge in [0.1, 0.15) is 11.5 Å². The lowest BCUT2D eigenvalue weighted by atomic mass is 10.3. The number of rotatable bonds is 9. The van der Waals surface area contributed by atoms with E-state index in [1.54, 1.807) is 41.3 Å². The monoisotopic (exact) mass is 451 g/mol. The topological polar surface area (TPSA) is 118 Å². The Morgan fingerprint density at radius 1 is 1.10 bits per heavy atom. The molecule has 10 nitrogen and oxygen atoms in total. The van der Waals surface area contributed by atoms with E-state index >= 15 is 0 Å². The highest BCUT2D eigenvalue weighted by Gasteiger charge is 2.29. The minimum absolute atomic E-state index is 0.0336. The van der Waals surface area contributed by atoms with Crippen LogP contribution < -0.4 is 14.8 Å². The van der Waals surface area contributed by atoms with Crippen molar-refractivity contribution in [3.63, 3.8) is 0 Å². The van der Waals surface area contributed by atoms with Crippen LogP contribution in [0.3, 0.4) is 0 Å². The van der Waals surface area contributed by atoms with Crippen molar-refractivity contribution in [3.8, 4) is 11.5 Å². The Hall–Kier alpha value is -3.05. The maximum atomic E-state index is 12.5. The third-order valence-electron chi connectivity index (χ3n) is 4.74. The van der Waals surface area contributed by atoms with Crippen LogP contribution in [0.2, 0.25) is 0 Å². The van der Waals surface area contributed by atoms with Gasteiger partial charge in [0.05, 0.1) is 19.1 Å². The molecule has 0 radical (unpaired) electrons. The van der Waals surface area contributed by atoms with Gasteiger partial charge in [0, 0.05) is 38.8 Å². The highest BCUT2D eigenvalue weighted by atomic mass is 32.2. The van der Waals surface area contributed by atoms with E-state index in [0.29, 0.717) is 11.5 Å². The molecule has 3 rings (SSSR count). The number of hydrogen-bond acceptors (Lipinski definition) is 7. The van der Waals surface area contributed by atoms with Crippen molar-refractivity contribution in [2.75, 3.05) is 52.2 Å². The van der Waals surface area contributed by atoms with Gasteiger partial charge in [-0.2, -0.15) is 4.31 Å². The van der Waals surface area contributed by atoms with Gasteiger partial charge in [-0.25, -0.2) is 8.42 Å². The number of hydrogen-bond donors (Lipinski definition) is 1. The number of sulfonamides is 1.